The fourth-order valence-electron chi connectivity index (χ4n) is 2.88. The summed E-state index contributed by atoms with van der Waals surface area (Å²) in [5.74, 6) is 1.93. The van der Waals surface area contributed by atoms with E-state index in [1.807, 2.05) is 24.3 Å². The number of fused-ring (bicyclic) bond motifs is 1. The molecule has 0 unspecified atom stereocenters. The van der Waals surface area contributed by atoms with Crippen LogP contribution in [-0.4, -0.2) is 24.2 Å². The van der Waals surface area contributed by atoms with Crippen LogP contribution < -0.4 is 25.3 Å². The summed E-state index contributed by atoms with van der Waals surface area (Å²) in [5, 5.41) is 3.04. The molecule has 154 valence electrons. The second kappa shape index (κ2) is 9.13. The van der Waals surface area contributed by atoms with Gasteiger partial charge >= 0.3 is 0 Å². The highest BCUT2D eigenvalue weighted by Gasteiger charge is 2.11. The number of rotatable bonds is 5. The molecule has 0 radical (unpaired) electrons. The van der Waals surface area contributed by atoms with E-state index in [0.29, 0.717) is 41.9 Å². The van der Waals surface area contributed by atoms with E-state index in [1.165, 1.54) is 12.1 Å². The van der Waals surface area contributed by atoms with Gasteiger partial charge in [0.05, 0.1) is 19.8 Å². The molecule has 8 heteroatoms. The molecule has 0 aliphatic carbocycles. The van der Waals surface area contributed by atoms with Gasteiger partial charge in [0.15, 0.2) is 17.5 Å². The molecule has 0 fully saturated rings. The van der Waals surface area contributed by atoms with Crippen molar-refractivity contribution in [1.29, 1.82) is 0 Å². The van der Waals surface area contributed by atoms with Gasteiger partial charge in [-0.05, 0) is 30.3 Å². The van der Waals surface area contributed by atoms with E-state index < -0.39 is 0 Å². The summed E-state index contributed by atoms with van der Waals surface area (Å²) in [6.45, 7) is 1.48. The number of ether oxygens (including phenoxy) is 3. The first-order chi connectivity index (χ1) is 14.7. The van der Waals surface area contributed by atoms with Crippen LogP contribution in [0.4, 0.5) is 10.1 Å². The molecule has 1 aliphatic rings. The van der Waals surface area contributed by atoms with Crippen LogP contribution in [-0.2, 0) is 6.54 Å². The molecule has 2 aromatic carbocycles. The molecule has 0 saturated carbocycles. The number of hydrogen-bond donors (Lipinski definition) is 2. The third kappa shape index (κ3) is 4.96. The lowest BCUT2D eigenvalue weighted by atomic mass is 10.2. The van der Waals surface area contributed by atoms with E-state index in [9.17, 15) is 4.39 Å². The molecule has 0 spiro atoms. The summed E-state index contributed by atoms with van der Waals surface area (Å²) in [6.07, 6.45) is 2.44. The second-order valence-electron chi connectivity index (χ2n) is 6.57. The highest BCUT2D eigenvalue weighted by atomic mass is 19.1. The van der Waals surface area contributed by atoms with E-state index in [0.717, 1.165) is 12.1 Å². The Hall–Kier alpha value is -3.81. The van der Waals surface area contributed by atoms with Crippen LogP contribution in [0.15, 0.2) is 65.8 Å². The normalized spacial score (nSPS) is 13.4. The number of aliphatic imine (C=N–C) groups is 1. The van der Waals surface area contributed by atoms with Gasteiger partial charge in [0.1, 0.15) is 11.6 Å². The molecule has 7 nitrogen and oxygen atoms in total. The first-order valence-corrected chi connectivity index (χ1v) is 9.51. The number of pyridine rings is 1. The molecule has 2 heterocycles. The SMILES string of the molecule is NC(=NCc1cccnc1Oc1cccc(F)c1)Nc1ccc2c(c1)OCCCO2. The highest BCUT2D eigenvalue weighted by molar-refractivity contribution is 5.92. The van der Waals surface area contributed by atoms with Crippen molar-refractivity contribution in [2.24, 2.45) is 10.7 Å². The van der Waals surface area contributed by atoms with Gasteiger partial charge in [-0.2, -0.15) is 0 Å². The molecule has 3 aromatic rings. The van der Waals surface area contributed by atoms with Crippen molar-refractivity contribution in [2.45, 2.75) is 13.0 Å². The van der Waals surface area contributed by atoms with Crippen LogP contribution in [0.2, 0.25) is 0 Å². The van der Waals surface area contributed by atoms with Gasteiger partial charge in [-0.15, -0.1) is 0 Å². The minimum absolute atomic E-state index is 0.227. The Morgan fingerprint density at radius 1 is 1.10 bits per heavy atom. The molecular weight excluding hydrogens is 387 g/mol. The van der Waals surface area contributed by atoms with E-state index in [-0.39, 0.29) is 18.3 Å². The monoisotopic (exact) mass is 408 g/mol. The summed E-state index contributed by atoms with van der Waals surface area (Å²) in [4.78, 5) is 8.57. The topological polar surface area (TPSA) is 91.0 Å². The van der Waals surface area contributed by atoms with E-state index in [4.69, 9.17) is 19.9 Å². The largest absolute Gasteiger partial charge is 0.490 e. The van der Waals surface area contributed by atoms with Crippen molar-refractivity contribution in [3.63, 3.8) is 0 Å². The van der Waals surface area contributed by atoms with Crippen LogP contribution in [0, 0.1) is 5.82 Å². The Labute approximate surface area is 173 Å². The predicted molar refractivity (Wildman–Crippen MR) is 112 cm³/mol. The number of nitrogens with one attached hydrogen (secondary N) is 1. The second-order valence-corrected chi connectivity index (χ2v) is 6.57. The fraction of sp³-hybridized carbons (Fsp3) is 0.182. The minimum atomic E-state index is -0.383. The zero-order valence-electron chi connectivity index (χ0n) is 16.2. The van der Waals surface area contributed by atoms with Gasteiger partial charge in [0.25, 0.3) is 0 Å². The van der Waals surface area contributed by atoms with Gasteiger partial charge in [0, 0.05) is 36.0 Å². The zero-order chi connectivity index (χ0) is 20.8. The zero-order valence-corrected chi connectivity index (χ0v) is 16.2. The third-order valence-corrected chi connectivity index (χ3v) is 4.30. The molecule has 4 rings (SSSR count). The Bertz CT molecular complexity index is 1060. The maximum absolute atomic E-state index is 13.4. The lowest BCUT2D eigenvalue weighted by Crippen LogP contribution is -2.22. The summed E-state index contributed by atoms with van der Waals surface area (Å²) < 4.78 is 30.4. The third-order valence-electron chi connectivity index (χ3n) is 4.30. The van der Waals surface area contributed by atoms with Crippen molar-refractivity contribution >= 4 is 11.6 Å². The van der Waals surface area contributed by atoms with Crippen LogP contribution in [0.25, 0.3) is 0 Å². The molecule has 30 heavy (non-hydrogen) atoms. The maximum Gasteiger partial charge on any atom is 0.224 e. The summed E-state index contributed by atoms with van der Waals surface area (Å²) in [5.41, 5.74) is 7.49. The summed E-state index contributed by atoms with van der Waals surface area (Å²) >= 11 is 0. The smallest absolute Gasteiger partial charge is 0.224 e. The number of benzene rings is 2. The molecule has 0 bridgehead atoms. The number of anilines is 1. The van der Waals surface area contributed by atoms with E-state index in [1.54, 1.807) is 24.4 Å². The highest BCUT2D eigenvalue weighted by Crippen LogP contribution is 2.32. The number of hydrogen-bond acceptors (Lipinski definition) is 5. The molecule has 0 atom stereocenters. The lowest BCUT2D eigenvalue weighted by Gasteiger charge is -2.11. The Morgan fingerprint density at radius 3 is 2.83 bits per heavy atom. The first kappa shape index (κ1) is 19.5. The standard InChI is InChI=1S/C22H21FN4O3/c23-16-5-1-6-18(12-16)30-21-15(4-2-9-25-21)14-26-22(24)27-17-7-8-19-20(13-17)29-11-3-10-28-19/h1-2,4-9,12-13H,3,10-11,14H2,(H3,24,26,27). The van der Waals surface area contributed by atoms with Crippen molar-refractivity contribution in [3.05, 3.63) is 72.2 Å². The van der Waals surface area contributed by atoms with Crippen molar-refractivity contribution in [1.82, 2.24) is 4.98 Å². The van der Waals surface area contributed by atoms with Crippen LogP contribution in [0.1, 0.15) is 12.0 Å². The Kier molecular flexibility index (Phi) is 5.93. The molecule has 0 saturated heterocycles. The predicted octanol–water partition coefficient (Wildman–Crippen LogP) is 4.10. The van der Waals surface area contributed by atoms with Crippen LogP contribution in [0.3, 0.4) is 0 Å². The quantitative estimate of drug-likeness (QED) is 0.488. The molecule has 3 N–H and O–H groups in total. The minimum Gasteiger partial charge on any atom is -0.490 e. The van der Waals surface area contributed by atoms with Gasteiger partial charge in [-0.1, -0.05) is 12.1 Å². The molecular formula is C22H21FN4O3. The van der Waals surface area contributed by atoms with Crippen molar-refractivity contribution in [2.75, 3.05) is 18.5 Å². The number of nitrogens with zero attached hydrogens (tertiary/aromatic N) is 2. The van der Waals surface area contributed by atoms with E-state index >= 15 is 0 Å². The number of guanidine groups is 1. The molecule has 1 aliphatic heterocycles. The van der Waals surface area contributed by atoms with Gasteiger partial charge in [-0.3, -0.25) is 0 Å². The lowest BCUT2D eigenvalue weighted by molar-refractivity contribution is 0.297. The van der Waals surface area contributed by atoms with Crippen molar-refractivity contribution < 1.29 is 18.6 Å². The molecule has 1 aromatic heterocycles. The maximum atomic E-state index is 13.4. The van der Waals surface area contributed by atoms with Crippen molar-refractivity contribution in [3.8, 4) is 23.1 Å². The molecule has 0 amide bonds. The Morgan fingerprint density at radius 2 is 1.97 bits per heavy atom. The first-order valence-electron chi connectivity index (χ1n) is 9.51. The average Bonchev–Trinajstić information content (AvgIpc) is 2.98. The number of halogens is 1. The summed E-state index contributed by atoms with van der Waals surface area (Å²) in [6, 6.07) is 15.0. The van der Waals surface area contributed by atoms with Crippen LogP contribution in [0.5, 0.6) is 23.1 Å². The number of aromatic nitrogens is 1. The average molecular weight is 408 g/mol. The van der Waals surface area contributed by atoms with Gasteiger partial charge < -0.3 is 25.3 Å². The van der Waals surface area contributed by atoms with Crippen LogP contribution >= 0.6 is 0 Å². The Balaban J connectivity index is 1.44. The fourth-order valence-corrected chi connectivity index (χ4v) is 2.88. The van der Waals surface area contributed by atoms with E-state index in [2.05, 4.69) is 15.3 Å². The number of nitrogens with two attached hydrogens (primary N) is 1. The van der Waals surface area contributed by atoms with Gasteiger partial charge in [0.2, 0.25) is 5.88 Å². The summed E-state index contributed by atoms with van der Waals surface area (Å²) in [7, 11) is 0. The van der Waals surface area contributed by atoms with Gasteiger partial charge in [-0.25, -0.2) is 14.4 Å².